The van der Waals surface area contributed by atoms with Gasteiger partial charge < -0.3 is 19.5 Å². The molecule has 2 heterocycles. The summed E-state index contributed by atoms with van der Waals surface area (Å²) >= 11 is 5.88. The molecule has 1 fully saturated rings. The van der Waals surface area contributed by atoms with Crippen LogP contribution in [0, 0.1) is 0 Å². The van der Waals surface area contributed by atoms with E-state index < -0.39 is 0 Å². The van der Waals surface area contributed by atoms with Crippen molar-refractivity contribution >= 4 is 29.1 Å². The highest BCUT2D eigenvalue weighted by Gasteiger charge is 2.29. The summed E-state index contributed by atoms with van der Waals surface area (Å²) in [6.45, 7) is 2.92. The van der Waals surface area contributed by atoms with Gasteiger partial charge in [0.05, 0.1) is 5.92 Å². The first-order valence-corrected chi connectivity index (χ1v) is 11.3. The number of carbonyl (C=O) groups is 2. The van der Waals surface area contributed by atoms with Gasteiger partial charge in [-0.25, -0.2) is 0 Å². The zero-order valence-electron chi connectivity index (χ0n) is 18.3. The highest BCUT2D eigenvalue weighted by atomic mass is 35.5. The Morgan fingerprint density at radius 1 is 1.24 bits per heavy atom. The van der Waals surface area contributed by atoms with Crippen molar-refractivity contribution in [3.8, 4) is 17.1 Å². The molecule has 3 aromatic rings. The number of rotatable bonds is 7. The van der Waals surface area contributed by atoms with Gasteiger partial charge in [0.1, 0.15) is 5.75 Å². The molecule has 2 amide bonds. The molecule has 1 atom stereocenters. The number of halogens is 1. The van der Waals surface area contributed by atoms with Crippen molar-refractivity contribution in [2.75, 3.05) is 25.0 Å². The highest BCUT2D eigenvalue weighted by molar-refractivity contribution is 6.30. The highest BCUT2D eigenvalue weighted by Crippen LogP contribution is 2.28. The minimum absolute atomic E-state index is 0.0394. The van der Waals surface area contributed by atoms with Crippen molar-refractivity contribution in [2.24, 2.45) is 0 Å². The molecule has 33 heavy (non-hydrogen) atoms. The van der Waals surface area contributed by atoms with Crippen molar-refractivity contribution in [2.45, 2.75) is 32.1 Å². The lowest BCUT2D eigenvalue weighted by atomic mass is 9.98. The van der Waals surface area contributed by atoms with Gasteiger partial charge in [-0.2, -0.15) is 4.98 Å². The second kappa shape index (κ2) is 10.5. The van der Waals surface area contributed by atoms with Crippen LogP contribution < -0.4 is 10.1 Å². The number of ether oxygens (including phenoxy) is 1. The van der Waals surface area contributed by atoms with Crippen LogP contribution in [0.4, 0.5) is 5.69 Å². The van der Waals surface area contributed by atoms with Crippen LogP contribution in [0.3, 0.4) is 0 Å². The summed E-state index contributed by atoms with van der Waals surface area (Å²) in [6, 6.07) is 14.2. The number of amides is 2. The molecule has 0 saturated carbocycles. The summed E-state index contributed by atoms with van der Waals surface area (Å²) in [4.78, 5) is 30.7. The first kappa shape index (κ1) is 22.8. The van der Waals surface area contributed by atoms with Crippen LogP contribution in [0.15, 0.2) is 53.1 Å². The summed E-state index contributed by atoms with van der Waals surface area (Å²) in [7, 11) is 0. The maximum Gasteiger partial charge on any atom is 0.260 e. The normalized spacial score (nSPS) is 15.8. The van der Waals surface area contributed by atoms with E-state index >= 15 is 0 Å². The molecule has 0 radical (unpaired) electrons. The Morgan fingerprint density at radius 3 is 2.85 bits per heavy atom. The first-order valence-electron chi connectivity index (χ1n) is 10.9. The first-order chi connectivity index (χ1) is 16.0. The summed E-state index contributed by atoms with van der Waals surface area (Å²) in [5.41, 5.74) is 1.43. The fraction of sp³-hybridized carbons (Fsp3) is 0.333. The monoisotopic (exact) mass is 468 g/mol. The number of nitrogens with one attached hydrogen (secondary N) is 1. The number of piperidine rings is 1. The molecule has 172 valence electrons. The van der Waals surface area contributed by atoms with E-state index in [-0.39, 0.29) is 24.3 Å². The number of aromatic nitrogens is 2. The molecule has 0 spiro atoms. The number of carbonyl (C=O) groups excluding carboxylic acids is 2. The van der Waals surface area contributed by atoms with E-state index in [2.05, 4.69) is 15.5 Å². The molecule has 1 aliphatic heterocycles. The Kier molecular flexibility index (Phi) is 7.24. The molecule has 9 heteroatoms. The number of nitrogens with zero attached hydrogens (tertiary/aromatic N) is 3. The number of benzene rings is 2. The summed E-state index contributed by atoms with van der Waals surface area (Å²) in [5, 5.41) is 7.56. The maximum atomic E-state index is 12.7. The van der Waals surface area contributed by atoms with Crippen molar-refractivity contribution in [3.05, 3.63) is 59.4 Å². The zero-order chi connectivity index (χ0) is 23.2. The lowest BCUT2D eigenvalue weighted by Gasteiger charge is -2.30. The van der Waals surface area contributed by atoms with Crippen LogP contribution in [0.25, 0.3) is 11.4 Å². The number of hydrogen-bond donors (Lipinski definition) is 1. The second-order valence-corrected chi connectivity index (χ2v) is 8.30. The molecule has 1 aromatic heterocycles. The molecule has 0 aliphatic carbocycles. The van der Waals surface area contributed by atoms with E-state index in [1.165, 1.54) is 0 Å². The van der Waals surface area contributed by atoms with Crippen LogP contribution in [0.5, 0.6) is 5.75 Å². The third-order valence-corrected chi connectivity index (χ3v) is 5.72. The Bertz CT molecular complexity index is 1120. The van der Waals surface area contributed by atoms with Gasteiger partial charge in [0, 0.05) is 35.8 Å². The van der Waals surface area contributed by atoms with E-state index in [1.807, 2.05) is 24.3 Å². The topological polar surface area (TPSA) is 97.6 Å². The van der Waals surface area contributed by atoms with E-state index in [0.29, 0.717) is 47.7 Å². The molecule has 2 aromatic carbocycles. The third kappa shape index (κ3) is 5.90. The molecular formula is C24H25ClN4O4. The predicted molar refractivity (Wildman–Crippen MR) is 124 cm³/mol. The predicted octanol–water partition coefficient (Wildman–Crippen LogP) is 4.52. The van der Waals surface area contributed by atoms with E-state index in [1.54, 1.807) is 36.1 Å². The molecule has 0 bridgehead atoms. The molecule has 8 nitrogen and oxygen atoms in total. The van der Waals surface area contributed by atoms with Gasteiger partial charge in [-0.1, -0.05) is 35.8 Å². The molecular weight excluding hydrogens is 444 g/mol. The van der Waals surface area contributed by atoms with Crippen LogP contribution in [-0.4, -0.2) is 46.6 Å². The van der Waals surface area contributed by atoms with Gasteiger partial charge in [-0.05, 0) is 49.2 Å². The second-order valence-electron chi connectivity index (χ2n) is 7.86. The number of hydrogen-bond acceptors (Lipinski definition) is 6. The van der Waals surface area contributed by atoms with Crippen LogP contribution in [-0.2, 0) is 9.59 Å². The van der Waals surface area contributed by atoms with Crippen LogP contribution in [0.2, 0.25) is 5.02 Å². The van der Waals surface area contributed by atoms with Gasteiger partial charge in [-0.15, -0.1) is 0 Å². The van der Waals surface area contributed by atoms with Gasteiger partial charge in [-0.3, -0.25) is 9.59 Å². The third-order valence-electron chi connectivity index (χ3n) is 5.47. The van der Waals surface area contributed by atoms with Gasteiger partial charge >= 0.3 is 0 Å². The summed E-state index contributed by atoms with van der Waals surface area (Å²) < 4.78 is 11.1. The Hall–Kier alpha value is -3.39. The molecule has 1 aliphatic rings. The Morgan fingerprint density at radius 2 is 2.06 bits per heavy atom. The quantitative estimate of drug-likeness (QED) is 0.547. The largest absolute Gasteiger partial charge is 0.484 e. The maximum absolute atomic E-state index is 12.7. The fourth-order valence-electron chi connectivity index (χ4n) is 3.68. The van der Waals surface area contributed by atoms with Crippen molar-refractivity contribution in [3.63, 3.8) is 0 Å². The minimum Gasteiger partial charge on any atom is -0.484 e. The van der Waals surface area contributed by atoms with Crippen molar-refractivity contribution in [1.29, 1.82) is 0 Å². The SMILES string of the molecule is CCC(=O)Nc1cccc(-c2noc([C@H]3CCCN(C(=O)COc4ccc(Cl)cc4)C3)n2)c1. The van der Waals surface area contributed by atoms with Crippen molar-refractivity contribution < 1.29 is 18.8 Å². The smallest absolute Gasteiger partial charge is 0.260 e. The lowest BCUT2D eigenvalue weighted by Crippen LogP contribution is -2.41. The van der Waals surface area contributed by atoms with Gasteiger partial charge in [0.25, 0.3) is 5.91 Å². The minimum atomic E-state index is -0.0891. The van der Waals surface area contributed by atoms with E-state index in [9.17, 15) is 9.59 Å². The average Bonchev–Trinajstić information content (AvgIpc) is 3.34. The zero-order valence-corrected chi connectivity index (χ0v) is 19.0. The van der Waals surface area contributed by atoms with Gasteiger partial charge in [0.2, 0.25) is 17.6 Å². The number of anilines is 1. The van der Waals surface area contributed by atoms with E-state index in [0.717, 1.165) is 18.4 Å². The van der Waals surface area contributed by atoms with Crippen molar-refractivity contribution in [1.82, 2.24) is 15.0 Å². The Balaban J connectivity index is 1.38. The molecule has 0 unspecified atom stereocenters. The standard InChI is InChI=1S/C24H25ClN4O4/c1-2-21(30)26-19-7-3-5-16(13-19)23-27-24(33-28-23)17-6-4-12-29(14-17)22(31)15-32-20-10-8-18(25)9-11-20/h3,5,7-11,13,17H,2,4,6,12,14-15H2,1H3,(H,26,30)/t17-/m0/s1. The van der Waals surface area contributed by atoms with E-state index in [4.69, 9.17) is 20.9 Å². The fourth-order valence-corrected chi connectivity index (χ4v) is 3.80. The number of likely N-dealkylation sites (tertiary alicyclic amines) is 1. The summed E-state index contributed by atoms with van der Waals surface area (Å²) in [6.07, 6.45) is 2.10. The molecule has 4 rings (SSSR count). The summed E-state index contributed by atoms with van der Waals surface area (Å²) in [5.74, 6) is 1.36. The van der Waals surface area contributed by atoms with Crippen LogP contribution >= 0.6 is 11.6 Å². The molecule has 1 saturated heterocycles. The Labute approximate surface area is 196 Å². The van der Waals surface area contributed by atoms with Gasteiger partial charge in [0.15, 0.2) is 6.61 Å². The molecule has 1 N–H and O–H groups in total. The lowest BCUT2D eigenvalue weighted by molar-refractivity contribution is -0.134. The average molecular weight is 469 g/mol. The van der Waals surface area contributed by atoms with Crippen LogP contribution in [0.1, 0.15) is 38.0 Å².